The van der Waals surface area contributed by atoms with E-state index in [2.05, 4.69) is 37.2 Å². The highest BCUT2D eigenvalue weighted by Gasteiger charge is 2.18. The highest BCUT2D eigenvalue weighted by Crippen LogP contribution is 2.18. The van der Waals surface area contributed by atoms with E-state index in [9.17, 15) is 4.79 Å². The van der Waals surface area contributed by atoms with E-state index in [0.717, 1.165) is 44.1 Å². The molecule has 1 saturated heterocycles. The summed E-state index contributed by atoms with van der Waals surface area (Å²) in [5.41, 5.74) is 2.71. The van der Waals surface area contributed by atoms with E-state index >= 15 is 0 Å². The van der Waals surface area contributed by atoms with Gasteiger partial charge in [0.15, 0.2) is 0 Å². The van der Waals surface area contributed by atoms with Crippen LogP contribution in [0.2, 0.25) is 0 Å². The fourth-order valence-electron chi connectivity index (χ4n) is 3.50. The Labute approximate surface area is 171 Å². The molecular weight excluding hydrogens is 362 g/mol. The van der Waals surface area contributed by atoms with Gasteiger partial charge < -0.3 is 15.1 Å². The summed E-state index contributed by atoms with van der Waals surface area (Å²) in [5.74, 6) is 0.889. The smallest absolute Gasteiger partial charge is 0.269 e. The highest BCUT2D eigenvalue weighted by molar-refractivity contribution is 5.92. The molecule has 0 spiro atoms. The van der Waals surface area contributed by atoms with Gasteiger partial charge in [-0.15, -0.1) is 0 Å². The highest BCUT2D eigenvalue weighted by atomic mass is 16.1. The average molecular weight is 387 g/mol. The molecule has 1 fully saturated rings. The van der Waals surface area contributed by atoms with Crippen molar-refractivity contribution in [2.75, 3.05) is 42.5 Å². The third-order valence-electron chi connectivity index (χ3n) is 5.14. The first-order chi connectivity index (χ1) is 14.3. The second kappa shape index (κ2) is 9.19. The van der Waals surface area contributed by atoms with Crippen molar-refractivity contribution in [2.24, 2.45) is 0 Å². The lowest BCUT2D eigenvalue weighted by atomic mass is 10.1. The molecule has 0 aliphatic carbocycles. The van der Waals surface area contributed by atoms with Crippen molar-refractivity contribution in [3.05, 3.63) is 84.3 Å². The topological polar surface area (TPSA) is 61.4 Å². The minimum Gasteiger partial charge on any atom is -0.367 e. The van der Waals surface area contributed by atoms with Crippen LogP contribution in [0.25, 0.3) is 0 Å². The summed E-state index contributed by atoms with van der Waals surface area (Å²) in [5, 5.41) is 2.94. The molecule has 6 nitrogen and oxygen atoms in total. The van der Waals surface area contributed by atoms with Crippen molar-refractivity contribution in [2.45, 2.75) is 6.42 Å². The van der Waals surface area contributed by atoms with Crippen molar-refractivity contribution >= 4 is 17.4 Å². The Hall–Kier alpha value is -3.41. The summed E-state index contributed by atoms with van der Waals surface area (Å²) in [4.78, 5) is 25.7. The molecular formula is C23H25N5O. The van der Waals surface area contributed by atoms with Gasteiger partial charge in [0.2, 0.25) is 0 Å². The van der Waals surface area contributed by atoms with Gasteiger partial charge in [-0.3, -0.25) is 4.79 Å². The number of nitrogens with one attached hydrogen (secondary N) is 1. The van der Waals surface area contributed by atoms with E-state index in [1.807, 2.05) is 48.7 Å². The van der Waals surface area contributed by atoms with Crippen molar-refractivity contribution in [1.29, 1.82) is 0 Å². The van der Waals surface area contributed by atoms with E-state index in [0.29, 0.717) is 12.2 Å². The number of amides is 1. The summed E-state index contributed by atoms with van der Waals surface area (Å²) < 4.78 is 0. The van der Waals surface area contributed by atoms with E-state index in [-0.39, 0.29) is 5.91 Å². The van der Waals surface area contributed by atoms with Gasteiger partial charge in [0, 0.05) is 38.9 Å². The lowest BCUT2D eigenvalue weighted by molar-refractivity contribution is 0.0949. The van der Waals surface area contributed by atoms with Crippen molar-refractivity contribution in [3.8, 4) is 0 Å². The van der Waals surface area contributed by atoms with Crippen molar-refractivity contribution < 1.29 is 4.79 Å². The molecule has 4 rings (SSSR count). The Bertz CT molecular complexity index is 907. The largest absolute Gasteiger partial charge is 0.367 e. The molecule has 1 aliphatic heterocycles. The molecule has 148 valence electrons. The Kier molecular flexibility index (Phi) is 6.00. The van der Waals surface area contributed by atoms with Crippen LogP contribution in [0.5, 0.6) is 0 Å². The minimum atomic E-state index is -0.132. The van der Waals surface area contributed by atoms with Crippen LogP contribution in [-0.2, 0) is 6.42 Å². The zero-order valence-corrected chi connectivity index (χ0v) is 16.4. The molecule has 1 N–H and O–H groups in total. The van der Waals surface area contributed by atoms with Crippen LogP contribution in [0.3, 0.4) is 0 Å². The number of pyridine rings is 2. The van der Waals surface area contributed by atoms with Gasteiger partial charge in [0.05, 0.1) is 11.9 Å². The number of rotatable bonds is 6. The normalized spacial score (nSPS) is 13.9. The molecule has 3 heterocycles. The molecule has 0 unspecified atom stereocenters. The first kappa shape index (κ1) is 18.9. The van der Waals surface area contributed by atoms with Gasteiger partial charge in [0.1, 0.15) is 11.5 Å². The van der Waals surface area contributed by atoms with E-state index in [4.69, 9.17) is 0 Å². The van der Waals surface area contributed by atoms with Crippen LogP contribution in [0, 0.1) is 0 Å². The van der Waals surface area contributed by atoms with Gasteiger partial charge >= 0.3 is 0 Å². The maximum atomic E-state index is 12.3. The number of hydrogen-bond acceptors (Lipinski definition) is 5. The predicted molar refractivity (Wildman–Crippen MR) is 115 cm³/mol. The molecule has 0 atom stereocenters. The maximum Gasteiger partial charge on any atom is 0.269 e. The summed E-state index contributed by atoms with van der Waals surface area (Å²) >= 11 is 0. The van der Waals surface area contributed by atoms with E-state index < -0.39 is 0 Å². The van der Waals surface area contributed by atoms with Gasteiger partial charge in [-0.05, 0) is 36.2 Å². The maximum absolute atomic E-state index is 12.3. The number of benzene rings is 1. The Morgan fingerprint density at radius 3 is 2.31 bits per heavy atom. The lowest BCUT2D eigenvalue weighted by Gasteiger charge is -2.36. The third kappa shape index (κ3) is 4.90. The molecule has 1 aromatic carbocycles. The summed E-state index contributed by atoms with van der Waals surface area (Å²) in [6, 6.07) is 19.9. The molecule has 2 aromatic heterocycles. The Morgan fingerprint density at radius 2 is 1.62 bits per heavy atom. The second-order valence-electron chi connectivity index (χ2n) is 7.06. The van der Waals surface area contributed by atoms with E-state index in [1.165, 1.54) is 5.56 Å². The predicted octanol–water partition coefficient (Wildman–Crippen LogP) is 2.78. The van der Waals surface area contributed by atoms with Gasteiger partial charge in [-0.25, -0.2) is 9.97 Å². The molecule has 29 heavy (non-hydrogen) atoms. The zero-order chi connectivity index (χ0) is 19.9. The number of carbonyl (C=O) groups excluding carboxylic acids is 1. The first-order valence-electron chi connectivity index (χ1n) is 9.99. The van der Waals surface area contributed by atoms with E-state index in [1.54, 1.807) is 12.3 Å². The average Bonchev–Trinajstić information content (AvgIpc) is 2.80. The molecule has 0 saturated carbocycles. The van der Waals surface area contributed by atoms with Gasteiger partial charge in [-0.1, -0.05) is 36.4 Å². The second-order valence-corrected chi connectivity index (χ2v) is 7.06. The Morgan fingerprint density at radius 1 is 0.862 bits per heavy atom. The number of aromatic nitrogens is 2. The number of anilines is 2. The molecule has 0 bridgehead atoms. The number of piperazine rings is 1. The quantitative estimate of drug-likeness (QED) is 0.705. The van der Waals surface area contributed by atoms with Crippen LogP contribution in [-0.4, -0.2) is 48.6 Å². The van der Waals surface area contributed by atoms with Crippen molar-refractivity contribution in [3.63, 3.8) is 0 Å². The molecule has 1 amide bonds. The lowest BCUT2D eigenvalue weighted by Crippen LogP contribution is -2.46. The van der Waals surface area contributed by atoms with Crippen LogP contribution in [0.1, 0.15) is 16.1 Å². The fourth-order valence-corrected chi connectivity index (χ4v) is 3.50. The zero-order valence-electron chi connectivity index (χ0n) is 16.4. The molecule has 6 heteroatoms. The molecule has 1 aliphatic rings. The molecule has 0 radical (unpaired) electrons. The van der Waals surface area contributed by atoms with Crippen molar-refractivity contribution in [1.82, 2.24) is 15.3 Å². The Balaban J connectivity index is 1.27. The number of nitrogens with zero attached hydrogens (tertiary/aromatic N) is 4. The summed E-state index contributed by atoms with van der Waals surface area (Å²) in [6.45, 7) is 4.24. The van der Waals surface area contributed by atoms with Gasteiger partial charge in [0.25, 0.3) is 5.91 Å². The molecule has 3 aromatic rings. The number of carbonyl (C=O) groups is 1. The summed E-state index contributed by atoms with van der Waals surface area (Å²) in [7, 11) is 0. The SMILES string of the molecule is O=C(NCCc1ccccc1)c1ccc(N2CCN(c3ccccn3)CC2)cn1. The first-order valence-corrected chi connectivity index (χ1v) is 9.99. The van der Waals surface area contributed by atoms with Crippen LogP contribution >= 0.6 is 0 Å². The number of hydrogen-bond donors (Lipinski definition) is 1. The van der Waals surface area contributed by atoms with Crippen LogP contribution in [0.15, 0.2) is 73.1 Å². The standard InChI is InChI=1S/C23H25N5O/c29-23(25-13-11-19-6-2-1-3-7-19)21-10-9-20(18-26-21)27-14-16-28(17-15-27)22-8-4-5-12-24-22/h1-10,12,18H,11,13-17H2,(H,25,29). The van der Waals surface area contributed by atoms with Crippen LogP contribution in [0.4, 0.5) is 11.5 Å². The third-order valence-corrected chi connectivity index (χ3v) is 5.14. The minimum absolute atomic E-state index is 0.132. The van der Waals surface area contributed by atoms with Crippen LogP contribution < -0.4 is 15.1 Å². The summed E-state index contributed by atoms with van der Waals surface area (Å²) in [6.07, 6.45) is 4.43. The monoisotopic (exact) mass is 387 g/mol. The fraction of sp³-hybridized carbons (Fsp3) is 0.261. The van der Waals surface area contributed by atoms with Gasteiger partial charge in [-0.2, -0.15) is 0 Å².